The molecule has 0 saturated carbocycles. The van der Waals surface area contributed by atoms with Gasteiger partial charge in [0, 0.05) is 24.7 Å². The Morgan fingerprint density at radius 3 is 2.28 bits per heavy atom. The SMILES string of the molecule is CCOc1ccc(-c2cnc(NCc3ccc(OC)c(OC)c3OC)n2C)cc1. The molecule has 0 fully saturated rings. The minimum absolute atomic E-state index is 0.525. The number of methoxy groups -OCH3 is 3. The Morgan fingerprint density at radius 1 is 0.931 bits per heavy atom. The molecule has 1 aromatic heterocycles. The lowest BCUT2D eigenvalue weighted by Crippen LogP contribution is -2.07. The first-order valence-corrected chi connectivity index (χ1v) is 9.39. The summed E-state index contributed by atoms with van der Waals surface area (Å²) in [7, 11) is 6.80. The van der Waals surface area contributed by atoms with Gasteiger partial charge in [0.1, 0.15) is 5.75 Å². The van der Waals surface area contributed by atoms with Crippen molar-refractivity contribution in [3.63, 3.8) is 0 Å². The zero-order valence-electron chi connectivity index (χ0n) is 17.5. The van der Waals surface area contributed by atoms with E-state index < -0.39 is 0 Å². The van der Waals surface area contributed by atoms with E-state index in [4.69, 9.17) is 18.9 Å². The highest BCUT2D eigenvalue weighted by Gasteiger charge is 2.16. The topological polar surface area (TPSA) is 66.8 Å². The predicted molar refractivity (Wildman–Crippen MR) is 113 cm³/mol. The van der Waals surface area contributed by atoms with E-state index in [0.717, 1.165) is 28.5 Å². The zero-order valence-corrected chi connectivity index (χ0v) is 17.5. The molecule has 0 radical (unpaired) electrons. The zero-order chi connectivity index (χ0) is 20.8. The van der Waals surface area contributed by atoms with Crippen LogP contribution in [0.25, 0.3) is 11.3 Å². The summed E-state index contributed by atoms with van der Waals surface area (Å²) in [6.45, 7) is 3.15. The fourth-order valence-corrected chi connectivity index (χ4v) is 3.21. The molecule has 7 heteroatoms. The summed E-state index contributed by atoms with van der Waals surface area (Å²) >= 11 is 0. The molecule has 0 saturated heterocycles. The number of nitrogens with one attached hydrogen (secondary N) is 1. The van der Waals surface area contributed by atoms with Gasteiger partial charge >= 0.3 is 0 Å². The van der Waals surface area contributed by atoms with Crippen LogP contribution < -0.4 is 24.3 Å². The molecule has 29 heavy (non-hydrogen) atoms. The van der Waals surface area contributed by atoms with Crippen molar-refractivity contribution in [1.82, 2.24) is 9.55 Å². The lowest BCUT2D eigenvalue weighted by molar-refractivity contribution is 0.322. The number of hydrogen-bond donors (Lipinski definition) is 1. The Bertz CT molecular complexity index is 951. The first-order valence-electron chi connectivity index (χ1n) is 9.39. The Morgan fingerprint density at radius 2 is 1.66 bits per heavy atom. The fourth-order valence-electron chi connectivity index (χ4n) is 3.21. The second-order valence-corrected chi connectivity index (χ2v) is 6.33. The molecule has 0 aliphatic heterocycles. The highest BCUT2D eigenvalue weighted by molar-refractivity contribution is 5.63. The molecule has 0 aliphatic rings. The summed E-state index contributed by atoms with van der Waals surface area (Å²) in [6, 6.07) is 11.8. The monoisotopic (exact) mass is 397 g/mol. The van der Waals surface area contributed by atoms with E-state index >= 15 is 0 Å². The third-order valence-corrected chi connectivity index (χ3v) is 4.67. The smallest absolute Gasteiger partial charge is 0.203 e. The maximum absolute atomic E-state index is 5.55. The predicted octanol–water partition coefficient (Wildman–Crippen LogP) is 4.12. The van der Waals surface area contributed by atoms with Crippen molar-refractivity contribution in [2.75, 3.05) is 33.3 Å². The van der Waals surface area contributed by atoms with E-state index in [1.807, 2.05) is 61.1 Å². The second kappa shape index (κ2) is 9.23. The summed E-state index contributed by atoms with van der Waals surface area (Å²) in [4.78, 5) is 4.52. The molecule has 0 spiro atoms. The second-order valence-electron chi connectivity index (χ2n) is 6.33. The third-order valence-electron chi connectivity index (χ3n) is 4.67. The van der Waals surface area contributed by atoms with Crippen molar-refractivity contribution in [2.45, 2.75) is 13.5 Å². The first-order chi connectivity index (χ1) is 14.1. The van der Waals surface area contributed by atoms with Crippen LogP contribution in [0.15, 0.2) is 42.6 Å². The van der Waals surface area contributed by atoms with Crippen LogP contribution in [0.2, 0.25) is 0 Å². The summed E-state index contributed by atoms with van der Waals surface area (Å²) in [6.07, 6.45) is 1.85. The number of aromatic nitrogens is 2. The summed E-state index contributed by atoms with van der Waals surface area (Å²) in [5.41, 5.74) is 3.02. The van der Waals surface area contributed by atoms with E-state index in [9.17, 15) is 0 Å². The Labute approximate surface area is 171 Å². The highest BCUT2D eigenvalue weighted by Crippen LogP contribution is 2.40. The molecule has 0 unspecified atom stereocenters. The third kappa shape index (κ3) is 4.23. The van der Waals surface area contributed by atoms with Crippen molar-refractivity contribution in [3.05, 3.63) is 48.2 Å². The Kier molecular flexibility index (Phi) is 6.49. The highest BCUT2D eigenvalue weighted by atomic mass is 16.5. The van der Waals surface area contributed by atoms with E-state index in [1.165, 1.54) is 0 Å². The fraction of sp³-hybridized carbons (Fsp3) is 0.318. The van der Waals surface area contributed by atoms with Gasteiger partial charge in [-0.3, -0.25) is 0 Å². The number of benzene rings is 2. The molecular formula is C22H27N3O4. The van der Waals surface area contributed by atoms with Crippen molar-refractivity contribution in [2.24, 2.45) is 7.05 Å². The van der Waals surface area contributed by atoms with Crippen molar-refractivity contribution >= 4 is 5.95 Å². The van der Waals surface area contributed by atoms with Gasteiger partial charge in [0.15, 0.2) is 11.5 Å². The van der Waals surface area contributed by atoms with Gasteiger partial charge < -0.3 is 28.8 Å². The molecule has 0 bridgehead atoms. The van der Waals surface area contributed by atoms with Gasteiger partial charge in [0.25, 0.3) is 0 Å². The maximum Gasteiger partial charge on any atom is 0.203 e. The normalized spacial score (nSPS) is 10.5. The molecule has 2 aromatic carbocycles. The van der Waals surface area contributed by atoms with Crippen molar-refractivity contribution < 1.29 is 18.9 Å². The van der Waals surface area contributed by atoms with Crippen LogP contribution in [0.3, 0.4) is 0 Å². The van der Waals surface area contributed by atoms with E-state index in [2.05, 4.69) is 10.3 Å². The van der Waals surface area contributed by atoms with Crippen LogP contribution in [0.4, 0.5) is 5.95 Å². The number of ether oxygens (including phenoxy) is 4. The van der Waals surface area contributed by atoms with Crippen LogP contribution in [0.5, 0.6) is 23.0 Å². The Hall–Kier alpha value is -3.35. The van der Waals surface area contributed by atoms with Gasteiger partial charge in [0.2, 0.25) is 11.7 Å². The van der Waals surface area contributed by atoms with Gasteiger partial charge in [-0.05, 0) is 43.3 Å². The van der Waals surface area contributed by atoms with Gasteiger partial charge in [-0.2, -0.15) is 0 Å². The minimum Gasteiger partial charge on any atom is -0.494 e. The van der Waals surface area contributed by atoms with Crippen LogP contribution in [0.1, 0.15) is 12.5 Å². The standard InChI is InChI=1S/C22H27N3O4/c1-6-29-17-10-7-15(8-11-17)18-14-24-22(25(18)2)23-13-16-9-12-19(26-3)21(28-5)20(16)27-4/h7-12,14H,6,13H2,1-5H3,(H,23,24). The number of hydrogen-bond acceptors (Lipinski definition) is 6. The van der Waals surface area contributed by atoms with Gasteiger partial charge in [0.05, 0.1) is 39.8 Å². The molecular weight excluding hydrogens is 370 g/mol. The maximum atomic E-state index is 5.55. The van der Waals surface area contributed by atoms with Crippen molar-refractivity contribution in [1.29, 1.82) is 0 Å². The van der Waals surface area contributed by atoms with E-state index in [-0.39, 0.29) is 0 Å². The number of imidazole rings is 1. The molecule has 3 rings (SSSR count). The van der Waals surface area contributed by atoms with Crippen molar-refractivity contribution in [3.8, 4) is 34.3 Å². The van der Waals surface area contributed by atoms with Crippen LogP contribution in [0, 0.1) is 0 Å². The van der Waals surface area contributed by atoms with E-state index in [1.54, 1.807) is 21.3 Å². The first kappa shape index (κ1) is 20.4. The van der Waals surface area contributed by atoms with Crippen LogP contribution in [-0.4, -0.2) is 37.5 Å². The molecule has 0 atom stereocenters. The molecule has 0 amide bonds. The quantitative estimate of drug-likeness (QED) is 0.586. The van der Waals surface area contributed by atoms with Crippen LogP contribution >= 0.6 is 0 Å². The minimum atomic E-state index is 0.525. The molecule has 1 N–H and O–H groups in total. The molecule has 1 heterocycles. The summed E-state index contributed by atoms with van der Waals surface area (Å²) in [5.74, 6) is 3.45. The van der Waals surface area contributed by atoms with E-state index in [0.29, 0.717) is 30.4 Å². The Balaban J connectivity index is 1.79. The molecule has 154 valence electrons. The largest absolute Gasteiger partial charge is 0.494 e. The van der Waals surface area contributed by atoms with Gasteiger partial charge in [-0.15, -0.1) is 0 Å². The number of rotatable bonds is 9. The molecule has 3 aromatic rings. The average Bonchev–Trinajstić information content (AvgIpc) is 3.12. The summed E-state index contributed by atoms with van der Waals surface area (Å²) in [5, 5.41) is 3.37. The number of anilines is 1. The van der Waals surface area contributed by atoms with Gasteiger partial charge in [-0.25, -0.2) is 4.98 Å². The molecule has 0 aliphatic carbocycles. The lowest BCUT2D eigenvalue weighted by atomic mass is 10.1. The van der Waals surface area contributed by atoms with Crippen LogP contribution in [-0.2, 0) is 13.6 Å². The average molecular weight is 397 g/mol. The molecule has 7 nitrogen and oxygen atoms in total. The van der Waals surface area contributed by atoms with Gasteiger partial charge in [-0.1, -0.05) is 0 Å². The lowest BCUT2D eigenvalue weighted by Gasteiger charge is -2.16. The number of nitrogens with zero attached hydrogens (tertiary/aromatic N) is 2. The summed E-state index contributed by atoms with van der Waals surface area (Å²) < 4.78 is 23.9.